The molecule has 0 unspecified atom stereocenters. The summed E-state index contributed by atoms with van der Waals surface area (Å²) < 4.78 is 6.24. The van der Waals surface area contributed by atoms with Crippen LogP contribution in [0.2, 0.25) is 0 Å². The largest absolute Gasteiger partial charge is 0.385 e. The van der Waals surface area contributed by atoms with Crippen molar-refractivity contribution in [1.29, 1.82) is 0 Å². The van der Waals surface area contributed by atoms with E-state index in [1.54, 1.807) is 7.11 Å². The average Bonchev–Trinajstić information content (AvgIpc) is 2.36. The van der Waals surface area contributed by atoms with Crippen LogP contribution in [-0.4, -0.2) is 32.8 Å². The summed E-state index contributed by atoms with van der Waals surface area (Å²) in [5.74, 6) is 0. The number of benzene rings is 1. The van der Waals surface area contributed by atoms with Gasteiger partial charge in [-0.15, -0.1) is 0 Å². The Labute approximate surface area is 131 Å². The molecule has 3 nitrogen and oxygen atoms in total. The first-order valence-corrected chi connectivity index (χ1v) is 7.86. The molecule has 0 bridgehead atoms. The van der Waals surface area contributed by atoms with Gasteiger partial charge in [0, 0.05) is 49.6 Å². The monoisotopic (exact) mass is 342 g/mol. The summed E-state index contributed by atoms with van der Waals surface area (Å²) in [5, 5.41) is 3.55. The predicted molar refractivity (Wildman–Crippen MR) is 90.5 cm³/mol. The van der Waals surface area contributed by atoms with E-state index in [4.69, 9.17) is 4.74 Å². The van der Waals surface area contributed by atoms with Crippen LogP contribution in [0.5, 0.6) is 0 Å². The molecule has 0 aromatic heterocycles. The molecule has 0 aliphatic heterocycles. The van der Waals surface area contributed by atoms with Crippen molar-refractivity contribution in [2.24, 2.45) is 0 Å². The molecule has 0 saturated heterocycles. The van der Waals surface area contributed by atoms with Crippen molar-refractivity contribution in [3.63, 3.8) is 0 Å². The smallest absolute Gasteiger partial charge is 0.0479 e. The quantitative estimate of drug-likeness (QED) is 0.762. The van der Waals surface area contributed by atoms with Crippen molar-refractivity contribution in [3.05, 3.63) is 28.2 Å². The molecule has 4 heteroatoms. The van der Waals surface area contributed by atoms with E-state index in [0.29, 0.717) is 0 Å². The zero-order valence-electron chi connectivity index (χ0n) is 13.3. The SMILES string of the molecule is COCCCN(C)c1cc(Br)ccc1CNC(C)(C)C. The molecule has 1 aromatic carbocycles. The minimum Gasteiger partial charge on any atom is -0.385 e. The Hall–Kier alpha value is -0.580. The number of halogens is 1. The van der Waals surface area contributed by atoms with Crippen LogP contribution >= 0.6 is 15.9 Å². The number of methoxy groups -OCH3 is 1. The highest BCUT2D eigenvalue weighted by Gasteiger charge is 2.12. The third-order valence-corrected chi connectivity index (χ3v) is 3.60. The van der Waals surface area contributed by atoms with Crippen LogP contribution < -0.4 is 10.2 Å². The number of anilines is 1. The van der Waals surface area contributed by atoms with Gasteiger partial charge in [0.25, 0.3) is 0 Å². The molecule has 0 atom stereocenters. The van der Waals surface area contributed by atoms with Crippen LogP contribution in [-0.2, 0) is 11.3 Å². The Bertz CT molecular complexity index is 415. The third kappa shape index (κ3) is 6.25. The van der Waals surface area contributed by atoms with E-state index >= 15 is 0 Å². The number of ether oxygens (including phenoxy) is 1. The van der Waals surface area contributed by atoms with Crippen molar-refractivity contribution in [2.45, 2.75) is 39.3 Å². The zero-order valence-corrected chi connectivity index (χ0v) is 14.9. The number of nitrogens with one attached hydrogen (secondary N) is 1. The molecule has 0 spiro atoms. The van der Waals surface area contributed by atoms with Gasteiger partial charge >= 0.3 is 0 Å². The normalized spacial score (nSPS) is 11.7. The second-order valence-electron chi connectivity index (χ2n) is 6.14. The molecular formula is C16H27BrN2O. The van der Waals surface area contributed by atoms with Crippen molar-refractivity contribution in [1.82, 2.24) is 5.32 Å². The molecular weight excluding hydrogens is 316 g/mol. The Morgan fingerprint density at radius 1 is 1.30 bits per heavy atom. The van der Waals surface area contributed by atoms with Gasteiger partial charge in [0.05, 0.1) is 0 Å². The van der Waals surface area contributed by atoms with Crippen LogP contribution in [0, 0.1) is 0 Å². The van der Waals surface area contributed by atoms with Crippen molar-refractivity contribution >= 4 is 21.6 Å². The van der Waals surface area contributed by atoms with Gasteiger partial charge in [-0.1, -0.05) is 22.0 Å². The fraction of sp³-hybridized carbons (Fsp3) is 0.625. The second kappa shape index (κ2) is 8.01. The van der Waals surface area contributed by atoms with Gasteiger partial charge in [0.1, 0.15) is 0 Å². The second-order valence-corrected chi connectivity index (χ2v) is 7.06. The number of hydrogen-bond donors (Lipinski definition) is 1. The lowest BCUT2D eigenvalue weighted by atomic mass is 10.1. The molecule has 20 heavy (non-hydrogen) atoms. The van der Waals surface area contributed by atoms with E-state index < -0.39 is 0 Å². The zero-order chi connectivity index (χ0) is 15.2. The summed E-state index contributed by atoms with van der Waals surface area (Å²) in [5.41, 5.74) is 2.72. The lowest BCUT2D eigenvalue weighted by Crippen LogP contribution is -2.35. The predicted octanol–water partition coefficient (Wildman–Crippen LogP) is 3.81. The van der Waals surface area contributed by atoms with Gasteiger partial charge in [0.15, 0.2) is 0 Å². The minimum atomic E-state index is 0.124. The standard InChI is InChI=1S/C16H27BrN2O/c1-16(2,3)18-12-13-7-8-14(17)11-15(13)19(4)9-6-10-20-5/h7-8,11,18H,6,9-10,12H2,1-5H3. The molecule has 0 amide bonds. The summed E-state index contributed by atoms with van der Waals surface area (Å²) in [6.07, 6.45) is 1.03. The summed E-state index contributed by atoms with van der Waals surface area (Å²) in [7, 11) is 3.88. The number of hydrogen-bond acceptors (Lipinski definition) is 3. The molecule has 0 aliphatic carbocycles. The maximum atomic E-state index is 5.13. The summed E-state index contributed by atoms with van der Waals surface area (Å²) in [4.78, 5) is 2.30. The summed E-state index contributed by atoms with van der Waals surface area (Å²) in [6, 6.07) is 6.48. The van der Waals surface area contributed by atoms with Crippen LogP contribution in [0.15, 0.2) is 22.7 Å². The van der Waals surface area contributed by atoms with Crippen LogP contribution in [0.3, 0.4) is 0 Å². The van der Waals surface area contributed by atoms with E-state index in [1.165, 1.54) is 11.3 Å². The van der Waals surface area contributed by atoms with Crippen LogP contribution in [0.4, 0.5) is 5.69 Å². The van der Waals surface area contributed by atoms with Gasteiger partial charge in [-0.3, -0.25) is 0 Å². The molecule has 0 saturated carbocycles. The van der Waals surface area contributed by atoms with E-state index in [1.807, 2.05) is 0 Å². The van der Waals surface area contributed by atoms with Gasteiger partial charge in [-0.2, -0.15) is 0 Å². The van der Waals surface area contributed by atoms with Crippen LogP contribution in [0.1, 0.15) is 32.8 Å². The molecule has 0 fully saturated rings. The third-order valence-electron chi connectivity index (χ3n) is 3.11. The fourth-order valence-corrected chi connectivity index (χ4v) is 2.32. The highest BCUT2D eigenvalue weighted by Crippen LogP contribution is 2.25. The molecule has 0 radical (unpaired) electrons. The van der Waals surface area contributed by atoms with Gasteiger partial charge in [-0.25, -0.2) is 0 Å². The Morgan fingerprint density at radius 3 is 2.60 bits per heavy atom. The fourth-order valence-electron chi connectivity index (χ4n) is 1.97. The van der Waals surface area contributed by atoms with Gasteiger partial charge in [-0.05, 0) is 44.9 Å². The molecule has 0 heterocycles. The van der Waals surface area contributed by atoms with E-state index in [0.717, 1.165) is 30.6 Å². The highest BCUT2D eigenvalue weighted by molar-refractivity contribution is 9.10. The molecule has 1 rings (SSSR count). The minimum absolute atomic E-state index is 0.124. The van der Waals surface area contributed by atoms with E-state index in [9.17, 15) is 0 Å². The molecule has 114 valence electrons. The first kappa shape index (κ1) is 17.5. The van der Waals surface area contributed by atoms with Crippen molar-refractivity contribution in [2.75, 3.05) is 32.2 Å². The average molecular weight is 343 g/mol. The van der Waals surface area contributed by atoms with Crippen molar-refractivity contribution in [3.8, 4) is 0 Å². The Balaban J connectivity index is 2.78. The lowest BCUT2D eigenvalue weighted by Gasteiger charge is -2.26. The van der Waals surface area contributed by atoms with E-state index in [-0.39, 0.29) is 5.54 Å². The molecule has 0 aliphatic rings. The number of rotatable bonds is 7. The van der Waals surface area contributed by atoms with Crippen LogP contribution in [0.25, 0.3) is 0 Å². The summed E-state index contributed by atoms with van der Waals surface area (Å²) >= 11 is 3.57. The number of nitrogens with zero attached hydrogens (tertiary/aromatic N) is 1. The van der Waals surface area contributed by atoms with E-state index in [2.05, 4.69) is 72.2 Å². The van der Waals surface area contributed by atoms with Crippen molar-refractivity contribution < 1.29 is 4.74 Å². The maximum Gasteiger partial charge on any atom is 0.0479 e. The Morgan fingerprint density at radius 2 is 2.00 bits per heavy atom. The molecule has 1 aromatic rings. The van der Waals surface area contributed by atoms with Gasteiger partial charge in [0.2, 0.25) is 0 Å². The Kier molecular flexibility index (Phi) is 7.00. The maximum absolute atomic E-state index is 5.13. The molecule has 1 N–H and O–H groups in total. The lowest BCUT2D eigenvalue weighted by molar-refractivity contribution is 0.196. The topological polar surface area (TPSA) is 24.5 Å². The first-order chi connectivity index (χ1) is 9.33. The first-order valence-electron chi connectivity index (χ1n) is 7.07. The van der Waals surface area contributed by atoms with Gasteiger partial charge < -0.3 is 15.0 Å². The highest BCUT2D eigenvalue weighted by atomic mass is 79.9. The summed E-state index contributed by atoms with van der Waals surface area (Å²) in [6.45, 7) is 9.23.